The standard InChI is InChI=1S/C30H23F7N2O6/c1-2-41-27(40)26(17-11-13-38-14-12-17)25(18-3-9-22(43-28(31)32)23(15-18)44-29(33)34)19-4-10-24(39-16-19)42-20-5-7-21(8-6-20)45-30(35,36)37/h3-16,25-26,28-29H,2H2,1H3. The van der Waals surface area contributed by atoms with Crippen LogP contribution in [0, 0.1) is 0 Å². The van der Waals surface area contributed by atoms with E-state index in [0.717, 1.165) is 24.3 Å². The Labute approximate surface area is 251 Å². The van der Waals surface area contributed by atoms with Crippen molar-refractivity contribution in [1.82, 2.24) is 9.97 Å². The fourth-order valence-electron chi connectivity index (χ4n) is 4.41. The molecule has 0 fully saturated rings. The predicted molar refractivity (Wildman–Crippen MR) is 143 cm³/mol. The van der Waals surface area contributed by atoms with Gasteiger partial charge in [0.2, 0.25) is 5.88 Å². The van der Waals surface area contributed by atoms with Crippen LogP contribution in [0.2, 0.25) is 0 Å². The molecule has 2 aromatic carbocycles. The molecule has 0 saturated heterocycles. The minimum absolute atomic E-state index is 0.00583. The molecule has 0 radical (unpaired) electrons. The Kier molecular flexibility index (Phi) is 10.6. The molecule has 2 unspecified atom stereocenters. The van der Waals surface area contributed by atoms with E-state index in [1.807, 2.05) is 0 Å². The zero-order valence-electron chi connectivity index (χ0n) is 23.1. The quantitative estimate of drug-likeness (QED) is 0.108. The number of benzene rings is 2. The molecule has 4 aromatic rings. The van der Waals surface area contributed by atoms with Gasteiger partial charge < -0.3 is 23.7 Å². The van der Waals surface area contributed by atoms with Crippen LogP contribution >= 0.6 is 0 Å². The number of nitrogens with zero attached hydrogens (tertiary/aromatic N) is 2. The first-order chi connectivity index (χ1) is 21.4. The van der Waals surface area contributed by atoms with Gasteiger partial charge in [0, 0.05) is 30.6 Å². The average Bonchev–Trinajstić information content (AvgIpc) is 2.98. The van der Waals surface area contributed by atoms with Crippen molar-refractivity contribution >= 4 is 5.97 Å². The average molecular weight is 641 g/mol. The number of pyridine rings is 2. The molecule has 238 valence electrons. The maximum atomic E-state index is 13.4. The number of aromatic nitrogens is 2. The van der Waals surface area contributed by atoms with E-state index in [-0.39, 0.29) is 23.8 Å². The van der Waals surface area contributed by atoms with Gasteiger partial charge in [-0.15, -0.1) is 13.2 Å². The second-order valence-corrected chi connectivity index (χ2v) is 9.00. The molecule has 0 aliphatic carbocycles. The lowest BCUT2D eigenvalue weighted by molar-refractivity contribution is -0.274. The van der Waals surface area contributed by atoms with E-state index < -0.39 is 54.6 Å². The van der Waals surface area contributed by atoms with E-state index in [4.69, 9.17) is 9.47 Å². The molecular weight excluding hydrogens is 617 g/mol. The first-order valence-electron chi connectivity index (χ1n) is 13.0. The van der Waals surface area contributed by atoms with E-state index in [9.17, 15) is 35.5 Å². The van der Waals surface area contributed by atoms with Crippen LogP contribution in [0.4, 0.5) is 30.7 Å². The number of ether oxygens (including phenoxy) is 5. The highest BCUT2D eigenvalue weighted by Gasteiger charge is 2.35. The fourth-order valence-corrected chi connectivity index (χ4v) is 4.41. The van der Waals surface area contributed by atoms with Gasteiger partial charge in [0.15, 0.2) is 11.5 Å². The molecule has 45 heavy (non-hydrogen) atoms. The van der Waals surface area contributed by atoms with Crippen molar-refractivity contribution in [3.05, 3.63) is 102 Å². The van der Waals surface area contributed by atoms with Crippen molar-refractivity contribution < 1.29 is 59.2 Å². The Hall–Kier alpha value is -5.08. The van der Waals surface area contributed by atoms with Gasteiger partial charge in [0.25, 0.3) is 0 Å². The molecule has 2 heterocycles. The lowest BCUT2D eigenvalue weighted by Gasteiger charge is -2.27. The maximum Gasteiger partial charge on any atom is 0.573 e. The van der Waals surface area contributed by atoms with Gasteiger partial charge in [0.05, 0.1) is 12.5 Å². The Bertz CT molecular complexity index is 1540. The third-order valence-electron chi connectivity index (χ3n) is 6.10. The normalized spacial score (nSPS) is 12.8. The Morgan fingerprint density at radius 3 is 1.98 bits per heavy atom. The van der Waals surface area contributed by atoms with Gasteiger partial charge in [-0.3, -0.25) is 9.78 Å². The SMILES string of the molecule is CCOC(=O)C(c1ccncc1)C(c1ccc(Oc2ccc(OC(F)(F)F)cc2)nc1)c1ccc(OC(F)F)c(OC(F)F)c1. The van der Waals surface area contributed by atoms with Gasteiger partial charge in [-0.1, -0.05) is 12.1 Å². The Morgan fingerprint density at radius 2 is 1.40 bits per heavy atom. The molecule has 0 saturated carbocycles. The number of hydrogen-bond acceptors (Lipinski definition) is 8. The molecule has 15 heteroatoms. The van der Waals surface area contributed by atoms with Crippen molar-refractivity contribution in [2.24, 2.45) is 0 Å². The highest BCUT2D eigenvalue weighted by atomic mass is 19.4. The number of rotatable bonds is 13. The molecule has 4 rings (SSSR count). The molecule has 0 bridgehead atoms. The minimum atomic E-state index is -4.86. The highest BCUT2D eigenvalue weighted by Crippen LogP contribution is 2.43. The molecule has 0 N–H and O–H groups in total. The maximum absolute atomic E-state index is 13.4. The lowest BCUT2D eigenvalue weighted by Crippen LogP contribution is -2.24. The van der Waals surface area contributed by atoms with Gasteiger partial charge >= 0.3 is 25.6 Å². The summed E-state index contributed by atoms with van der Waals surface area (Å²) in [4.78, 5) is 21.6. The Balaban J connectivity index is 1.75. The molecular formula is C30H23F7N2O6. The summed E-state index contributed by atoms with van der Waals surface area (Å²) in [5.41, 5.74) is 0.952. The molecule has 2 aromatic heterocycles. The number of hydrogen-bond donors (Lipinski definition) is 0. The minimum Gasteiger partial charge on any atom is -0.465 e. The summed E-state index contributed by atoms with van der Waals surface area (Å²) in [6.45, 7) is -5.11. The van der Waals surface area contributed by atoms with E-state index in [1.165, 1.54) is 48.9 Å². The molecule has 8 nitrogen and oxygen atoms in total. The lowest BCUT2D eigenvalue weighted by atomic mass is 9.77. The molecule has 2 atom stereocenters. The summed E-state index contributed by atoms with van der Waals surface area (Å²) >= 11 is 0. The topological polar surface area (TPSA) is 89.0 Å². The predicted octanol–water partition coefficient (Wildman–Crippen LogP) is 7.85. The summed E-state index contributed by atoms with van der Waals surface area (Å²) in [6.07, 6.45) is -0.671. The van der Waals surface area contributed by atoms with Crippen LogP contribution in [0.3, 0.4) is 0 Å². The fraction of sp³-hybridized carbons (Fsp3) is 0.233. The van der Waals surface area contributed by atoms with Crippen LogP contribution in [-0.2, 0) is 9.53 Å². The van der Waals surface area contributed by atoms with Gasteiger partial charge in [0.1, 0.15) is 11.5 Å². The second kappa shape index (κ2) is 14.6. The number of carbonyl (C=O) groups is 1. The van der Waals surface area contributed by atoms with Crippen LogP contribution in [-0.4, -0.2) is 42.1 Å². The first-order valence-corrected chi connectivity index (χ1v) is 13.0. The number of alkyl halides is 7. The number of carbonyl (C=O) groups excluding carboxylic acids is 1. The molecule has 0 aliphatic rings. The summed E-state index contributed by atoms with van der Waals surface area (Å²) in [6, 6.07) is 13.9. The van der Waals surface area contributed by atoms with Crippen LogP contribution in [0.1, 0.15) is 35.4 Å². The van der Waals surface area contributed by atoms with Crippen LogP contribution < -0.4 is 18.9 Å². The van der Waals surface area contributed by atoms with Crippen molar-refractivity contribution in [3.63, 3.8) is 0 Å². The monoisotopic (exact) mass is 640 g/mol. The Morgan fingerprint density at radius 1 is 0.778 bits per heavy atom. The van der Waals surface area contributed by atoms with Crippen molar-refractivity contribution in [1.29, 1.82) is 0 Å². The summed E-state index contributed by atoms with van der Waals surface area (Å²) in [5, 5.41) is 0. The number of esters is 1. The summed E-state index contributed by atoms with van der Waals surface area (Å²) in [5.74, 6) is -4.47. The van der Waals surface area contributed by atoms with Crippen molar-refractivity contribution in [2.45, 2.75) is 38.3 Å². The highest BCUT2D eigenvalue weighted by molar-refractivity contribution is 5.80. The smallest absolute Gasteiger partial charge is 0.465 e. The zero-order chi connectivity index (χ0) is 32.6. The van der Waals surface area contributed by atoms with Gasteiger partial charge in [-0.2, -0.15) is 17.6 Å². The molecule has 0 amide bonds. The molecule has 0 aliphatic heterocycles. The summed E-state index contributed by atoms with van der Waals surface area (Å²) in [7, 11) is 0. The largest absolute Gasteiger partial charge is 0.573 e. The van der Waals surface area contributed by atoms with Crippen LogP contribution in [0.25, 0.3) is 0 Å². The third kappa shape index (κ3) is 9.20. The molecule has 0 spiro atoms. The van der Waals surface area contributed by atoms with E-state index in [0.29, 0.717) is 11.1 Å². The summed E-state index contributed by atoms with van der Waals surface area (Å²) < 4.78 is 113. The second-order valence-electron chi connectivity index (χ2n) is 9.00. The van der Waals surface area contributed by atoms with Crippen molar-refractivity contribution in [2.75, 3.05) is 6.61 Å². The van der Waals surface area contributed by atoms with Gasteiger partial charge in [-0.25, -0.2) is 4.98 Å². The first kappa shape index (κ1) is 32.8. The number of halogens is 7. The van der Waals surface area contributed by atoms with E-state index >= 15 is 0 Å². The van der Waals surface area contributed by atoms with E-state index in [1.54, 1.807) is 19.1 Å². The zero-order valence-corrected chi connectivity index (χ0v) is 23.1. The van der Waals surface area contributed by atoms with Crippen molar-refractivity contribution in [3.8, 4) is 28.9 Å². The van der Waals surface area contributed by atoms with Gasteiger partial charge in [-0.05, 0) is 72.1 Å². The van der Waals surface area contributed by atoms with Crippen LogP contribution in [0.15, 0.2) is 85.3 Å². The van der Waals surface area contributed by atoms with Crippen LogP contribution in [0.5, 0.6) is 28.9 Å². The van der Waals surface area contributed by atoms with E-state index in [2.05, 4.69) is 24.2 Å². The third-order valence-corrected chi connectivity index (χ3v) is 6.10.